The maximum atomic E-state index is 12.6. The van der Waals surface area contributed by atoms with Crippen molar-refractivity contribution in [2.75, 3.05) is 17.5 Å². The molecule has 2 heterocycles. The molecule has 0 bridgehead atoms. The SMILES string of the molecule is Cc1ccc(N(Cl)C(=O)C2CCN(C(=O)OCc3ccccc3)CC2)cn1. The first-order valence-corrected chi connectivity index (χ1v) is 9.26. The summed E-state index contributed by atoms with van der Waals surface area (Å²) in [5, 5.41) is 0. The zero-order chi connectivity index (χ0) is 19.2. The van der Waals surface area contributed by atoms with Crippen LogP contribution in [0.25, 0.3) is 0 Å². The number of pyridine rings is 1. The van der Waals surface area contributed by atoms with E-state index < -0.39 is 0 Å². The van der Waals surface area contributed by atoms with Crippen molar-refractivity contribution >= 4 is 29.5 Å². The zero-order valence-electron chi connectivity index (χ0n) is 15.2. The van der Waals surface area contributed by atoms with Crippen molar-refractivity contribution in [2.24, 2.45) is 5.92 Å². The number of nitrogens with zero attached hydrogens (tertiary/aromatic N) is 3. The van der Waals surface area contributed by atoms with Gasteiger partial charge in [0.1, 0.15) is 6.61 Å². The Morgan fingerprint density at radius 1 is 1.19 bits per heavy atom. The number of benzene rings is 1. The number of ether oxygens (including phenoxy) is 1. The quantitative estimate of drug-likeness (QED) is 0.746. The Bertz CT molecular complexity index is 775. The molecule has 0 radical (unpaired) electrons. The van der Waals surface area contributed by atoms with Gasteiger partial charge >= 0.3 is 6.09 Å². The summed E-state index contributed by atoms with van der Waals surface area (Å²) >= 11 is 6.20. The Hall–Kier alpha value is -2.60. The van der Waals surface area contributed by atoms with Gasteiger partial charge in [-0.2, -0.15) is 0 Å². The second kappa shape index (κ2) is 8.86. The third-order valence-corrected chi connectivity index (χ3v) is 4.99. The Kier molecular flexibility index (Phi) is 6.29. The van der Waals surface area contributed by atoms with Gasteiger partial charge in [0.25, 0.3) is 0 Å². The van der Waals surface area contributed by atoms with E-state index in [1.54, 1.807) is 17.2 Å². The summed E-state index contributed by atoms with van der Waals surface area (Å²) in [6.45, 7) is 3.06. The van der Waals surface area contributed by atoms with E-state index in [0.29, 0.717) is 31.6 Å². The molecule has 0 spiro atoms. The van der Waals surface area contributed by atoms with Gasteiger partial charge in [0.05, 0.1) is 11.9 Å². The van der Waals surface area contributed by atoms with E-state index in [-0.39, 0.29) is 24.5 Å². The van der Waals surface area contributed by atoms with Gasteiger partial charge in [0, 0.05) is 36.5 Å². The number of anilines is 1. The molecule has 1 aromatic heterocycles. The van der Waals surface area contributed by atoms with Crippen molar-refractivity contribution in [1.29, 1.82) is 0 Å². The van der Waals surface area contributed by atoms with Crippen molar-refractivity contribution < 1.29 is 14.3 Å². The van der Waals surface area contributed by atoms with Gasteiger partial charge < -0.3 is 9.64 Å². The van der Waals surface area contributed by atoms with Crippen molar-refractivity contribution in [1.82, 2.24) is 9.88 Å². The van der Waals surface area contributed by atoms with Crippen LogP contribution in [-0.2, 0) is 16.1 Å². The summed E-state index contributed by atoms with van der Waals surface area (Å²) in [6.07, 6.45) is 2.34. The lowest BCUT2D eigenvalue weighted by atomic mass is 9.96. The first kappa shape index (κ1) is 19.2. The Labute approximate surface area is 163 Å². The predicted octanol–water partition coefficient (Wildman–Crippen LogP) is 3.93. The van der Waals surface area contributed by atoms with Crippen molar-refractivity contribution in [3.05, 3.63) is 59.9 Å². The van der Waals surface area contributed by atoms with Gasteiger partial charge in [-0.15, -0.1) is 0 Å². The predicted molar refractivity (Wildman–Crippen MR) is 103 cm³/mol. The molecular weight excluding hydrogens is 366 g/mol. The van der Waals surface area contributed by atoms with Gasteiger partial charge in [-0.25, -0.2) is 9.21 Å². The fourth-order valence-corrected chi connectivity index (χ4v) is 3.22. The summed E-state index contributed by atoms with van der Waals surface area (Å²) in [5.74, 6) is -0.387. The number of carbonyl (C=O) groups excluding carboxylic acids is 2. The molecule has 0 saturated carbocycles. The Morgan fingerprint density at radius 3 is 2.52 bits per heavy atom. The molecule has 2 aromatic rings. The van der Waals surface area contributed by atoms with E-state index in [0.717, 1.165) is 15.7 Å². The fraction of sp³-hybridized carbons (Fsp3) is 0.350. The van der Waals surface area contributed by atoms with Crippen LogP contribution >= 0.6 is 11.8 Å². The molecule has 1 aliphatic heterocycles. The van der Waals surface area contributed by atoms with Crippen molar-refractivity contribution in [3.63, 3.8) is 0 Å². The molecule has 1 aromatic carbocycles. The molecule has 1 saturated heterocycles. The first-order chi connectivity index (χ1) is 13.0. The van der Waals surface area contributed by atoms with Crippen LogP contribution in [0.3, 0.4) is 0 Å². The third kappa shape index (κ3) is 4.98. The standard InChI is InChI=1S/C20H22ClN3O3/c1-15-7-8-18(13-22-15)24(21)19(25)17-9-11-23(12-10-17)20(26)27-14-16-5-3-2-4-6-16/h2-8,13,17H,9-12,14H2,1H3. The minimum absolute atomic E-state index is 0.167. The number of likely N-dealkylation sites (tertiary alicyclic amines) is 1. The highest BCUT2D eigenvalue weighted by molar-refractivity contribution is 6.36. The number of aromatic nitrogens is 1. The molecule has 142 valence electrons. The second-order valence-electron chi connectivity index (χ2n) is 6.58. The van der Waals surface area contributed by atoms with Crippen LogP contribution in [0.1, 0.15) is 24.1 Å². The van der Waals surface area contributed by atoms with Gasteiger partial charge in [-0.05, 0) is 37.5 Å². The molecule has 1 fully saturated rings. The lowest BCUT2D eigenvalue weighted by Gasteiger charge is -2.31. The molecule has 0 unspecified atom stereocenters. The van der Waals surface area contributed by atoms with Gasteiger partial charge in [-0.1, -0.05) is 30.3 Å². The van der Waals surface area contributed by atoms with Gasteiger partial charge in [0.15, 0.2) is 0 Å². The maximum absolute atomic E-state index is 12.6. The lowest BCUT2D eigenvalue weighted by molar-refractivity contribution is -0.122. The van der Waals surface area contributed by atoms with Gasteiger partial charge in [-0.3, -0.25) is 9.78 Å². The molecule has 0 aliphatic carbocycles. The Balaban J connectivity index is 1.48. The topological polar surface area (TPSA) is 62.7 Å². The molecule has 7 heteroatoms. The smallest absolute Gasteiger partial charge is 0.410 e. The molecule has 3 rings (SSSR count). The maximum Gasteiger partial charge on any atom is 0.410 e. The molecule has 0 N–H and O–H groups in total. The van der Waals surface area contributed by atoms with Crippen LogP contribution in [-0.4, -0.2) is 35.0 Å². The third-order valence-electron chi connectivity index (χ3n) is 4.62. The van der Waals surface area contributed by atoms with Crippen molar-refractivity contribution in [3.8, 4) is 0 Å². The van der Waals surface area contributed by atoms with Crippen LogP contribution in [0.5, 0.6) is 0 Å². The van der Waals surface area contributed by atoms with E-state index in [2.05, 4.69) is 4.98 Å². The van der Waals surface area contributed by atoms with Crippen LogP contribution in [0.2, 0.25) is 0 Å². The number of aryl methyl sites for hydroxylation is 1. The van der Waals surface area contributed by atoms with Gasteiger partial charge in [0.2, 0.25) is 5.91 Å². The van der Waals surface area contributed by atoms with E-state index >= 15 is 0 Å². The molecule has 6 nitrogen and oxygen atoms in total. The summed E-state index contributed by atoms with van der Waals surface area (Å²) in [5.41, 5.74) is 2.36. The van der Waals surface area contributed by atoms with E-state index in [4.69, 9.17) is 16.5 Å². The number of halogens is 1. The molecule has 2 amide bonds. The number of amides is 2. The molecule has 1 aliphatic rings. The largest absolute Gasteiger partial charge is 0.445 e. The highest BCUT2D eigenvalue weighted by Crippen LogP contribution is 2.25. The van der Waals surface area contributed by atoms with E-state index in [1.165, 1.54) is 0 Å². The molecule has 0 atom stereocenters. The van der Waals surface area contributed by atoms with Crippen molar-refractivity contribution in [2.45, 2.75) is 26.4 Å². The normalized spacial score (nSPS) is 14.7. The summed E-state index contributed by atoms with van der Waals surface area (Å²) in [4.78, 5) is 30.6. The lowest BCUT2D eigenvalue weighted by Crippen LogP contribution is -2.42. The highest BCUT2D eigenvalue weighted by Gasteiger charge is 2.31. The fourth-order valence-electron chi connectivity index (χ4n) is 2.98. The average molecular weight is 388 g/mol. The summed E-state index contributed by atoms with van der Waals surface area (Å²) in [6, 6.07) is 13.1. The number of hydrogen-bond donors (Lipinski definition) is 0. The number of carbonyl (C=O) groups is 2. The molecule has 27 heavy (non-hydrogen) atoms. The zero-order valence-corrected chi connectivity index (χ0v) is 15.9. The Morgan fingerprint density at radius 2 is 1.89 bits per heavy atom. The second-order valence-corrected chi connectivity index (χ2v) is 6.92. The van der Waals surface area contributed by atoms with E-state index in [9.17, 15) is 9.59 Å². The van der Waals surface area contributed by atoms with Crippen LogP contribution in [0, 0.1) is 12.8 Å². The minimum Gasteiger partial charge on any atom is -0.445 e. The monoisotopic (exact) mass is 387 g/mol. The number of rotatable bonds is 4. The average Bonchev–Trinajstić information content (AvgIpc) is 2.72. The van der Waals surface area contributed by atoms with Crippen LogP contribution in [0.4, 0.5) is 10.5 Å². The number of hydrogen-bond acceptors (Lipinski definition) is 4. The van der Waals surface area contributed by atoms with E-state index in [1.807, 2.05) is 43.3 Å². The highest BCUT2D eigenvalue weighted by atomic mass is 35.5. The number of piperidine rings is 1. The first-order valence-electron chi connectivity index (χ1n) is 8.92. The summed E-state index contributed by atoms with van der Waals surface area (Å²) in [7, 11) is 0. The van der Waals surface area contributed by atoms with Crippen LogP contribution < -0.4 is 4.42 Å². The minimum atomic E-state index is -0.352. The summed E-state index contributed by atoms with van der Waals surface area (Å²) < 4.78 is 6.47. The van der Waals surface area contributed by atoms with Crippen LogP contribution in [0.15, 0.2) is 48.7 Å². The molecular formula is C20H22ClN3O3.